The minimum atomic E-state index is 0.462. The molecule has 0 rings (SSSR count). The number of hydrogen-bond acceptors (Lipinski definition) is 3. The fraction of sp³-hybridized carbons (Fsp3) is 0.333. The van der Waals surface area contributed by atoms with Crippen LogP contribution in [0.25, 0.3) is 0 Å². The molecule has 0 aliphatic heterocycles. The zero-order valence-electron chi connectivity index (χ0n) is 3.26. The van der Waals surface area contributed by atoms with E-state index < -0.39 is 0 Å². The summed E-state index contributed by atoms with van der Waals surface area (Å²) < 4.78 is 0. The van der Waals surface area contributed by atoms with Crippen LogP contribution in [0.4, 0.5) is 0 Å². The largest absolute Gasteiger partial charge is 0.317 e. The molecule has 2 nitrogen and oxygen atoms in total. The Bertz CT molecular complexity index is 46.1. The number of hydrogen-bond donors (Lipinski definition) is 3. The van der Waals surface area contributed by atoms with E-state index in [2.05, 4.69) is 12.6 Å². The van der Waals surface area contributed by atoms with Crippen molar-refractivity contribution in [2.24, 2.45) is 0 Å². The fourth-order valence-corrected chi connectivity index (χ4v) is 0.211. The number of hydroxylamine groups is 1. The summed E-state index contributed by atoms with van der Waals surface area (Å²) in [5.41, 5.74) is 1.93. The zero-order valence-corrected chi connectivity index (χ0v) is 4.15. The van der Waals surface area contributed by atoms with Gasteiger partial charge in [-0.15, -0.1) is 0 Å². The molecule has 0 aromatic carbocycles. The monoisotopic (exact) mass is 105 g/mol. The predicted molar refractivity (Wildman–Crippen MR) is 27.9 cm³/mol. The van der Waals surface area contributed by atoms with Gasteiger partial charge in [0.15, 0.2) is 0 Å². The highest BCUT2D eigenvalue weighted by Gasteiger charge is 1.62. The summed E-state index contributed by atoms with van der Waals surface area (Å²) in [6.45, 7) is 0.462. The third kappa shape index (κ3) is 4.01. The standard InChI is InChI=1S/C3H7NOS/c5-4-2-1-3-6/h1,3-6H,2H2. The Kier molecular flexibility index (Phi) is 5.02. The quantitative estimate of drug-likeness (QED) is 0.351. The van der Waals surface area contributed by atoms with Crippen LogP contribution < -0.4 is 5.48 Å². The molecule has 0 heterocycles. The van der Waals surface area contributed by atoms with Gasteiger partial charge in [-0.25, -0.2) is 5.48 Å². The van der Waals surface area contributed by atoms with Crippen LogP contribution in [0, 0.1) is 0 Å². The van der Waals surface area contributed by atoms with Crippen LogP contribution >= 0.6 is 12.6 Å². The molecule has 0 amide bonds. The van der Waals surface area contributed by atoms with E-state index >= 15 is 0 Å². The molecule has 0 bridgehead atoms. The maximum absolute atomic E-state index is 7.86. The molecule has 0 aromatic heterocycles. The van der Waals surface area contributed by atoms with Gasteiger partial charge in [-0.3, -0.25) is 0 Å². The van der Waals surface area contributed by atoms with Gasteiger partial charge in [-0.1, -0.05) is 6.08 Å². The van der Waals surface area contributed by atoms with Crippen molar-refractivity contribution in [2.45, 2.75) is 0 Å². The van der Waals surface area contributed by atoms with Crippen LogP contribution in [0.1, 0.15) is 0 Å². The van der Waals surface area contributed by atoms with E-state index in [4.69, 9.17) is 5.21 Å². The van der Waals surface area contributed by atoms with Crippen molar-refractivity contribution in [3.8, 4) is 0 Å². The summed E-state index contributed by atoms with van der Waals surface area (Å²) >= 11 is 3.72. The average molecular weight is 105 g/mol. The van der Waals surface area contributed by atoms with Gasteiger partial charge in [-0.2, -0.15) is 12.6 Å². The predicted octanol–water partition coefficient (Wildman–Crippen LogP) is 0.409. The van der Waals surface area contributed by atoms with Crippen LogP contribution in [0.2, 0.25) is 0 Å². The highest BCUT2D eigenvalue weighted by Crippen LogP contribution is 1.71. The van der Waals surface area contributed by atoms with Crippen molar-refractivity contribution < 1.29 is 5.21 Å². The van der Waals surface area contributed by atoms with Crippen molar-refractivity contribution in [1.29, 1.82) is 0 Å². The summed E-state index contributed by atoms with van der Waals surface area (Å²) in [6.07, 6.45) is 1.68. The number of nitrogens with one attached hydrogen (secondary N) is 1. The van der Waals surface area contributed by atoms with Crippen molar-refractivity contribution in [2.75, 3.05) is 6.54 Å². The average Bonchev–Trinajstić information content (AvgIpc) is 1.61. The van der Waals surface area contributed by atoms with Crippen LogP contribution in [0.5, 0.6) is 0 Å². The molecule has 0 aliphatic carbocycles. The maximum atomic E-state index is 7.86. The molecular weight excluding hydrogens is 98.1 g/mol. The summed E-state index contributed by atoms with van der Waals surface area (Å²) in [7, 11) is 0. The SMILES string of the molecule is ONCC=CS. The van der Waals surface area contributed by atoms with Crippen molar-refractivity contribution in [3.05, 3.63) is 11.5 Å². The van der Waals surface area contributed by atoms with Crippen molar-refractivity contribution in [3.63, 3.8) is 0 Å². The van der Waals surface area contributed by atoms with Crippen molar-refractivity contribution in [1.82, 2.24) is 5.48 Å². The van der Waals surface area contributed by atoms with Crippen LogP contribution in [0.15, 0.2) is 11.5 Å². The second-order valence-corrected chi connectivity index (χ2v) is 1.05. The van der Waals surface area contributed by atoms with E-state index in [9.17, 15) is 0 Å². The molecule has 0 fully saturated rings. The smallest absolute Gasteiger partial charge is 0.0396 e. The van der Waals surface area contributed by atoms with E-state index in [-0.39, 0.29) is 0 Å². The Hall–Kier alpha value is 0.01000. The van der Waals surface area contributed by atoms with Gasteiger partial charge in [0.2, 0.25) is 0 Å². The van der Waals surface area contributed by atoms with Crippen LogP contribution in [0.3, 0.4) is 0 Å². The first-order valence-electron chi connectivity index (χ1n) is 1.58. The molecule has 0 unspecified atom stereocenters. The van der Waals surface area contributed by atoms with Crippen LogP contribution in [-0.4, -0.2) is 11.8 Å². The molecule has 0 saturated heterocycles. The summed E-state index contributed by atoms with van der Waals surface area (Å²) in [4.78, 5) is 0. The maximum Gasteiger partial charge on any atom is 0.0396 e. The van der Waals surface area contributed by atoms with Gasteiger partial charge in [0.05, 0.1) is 0 Å². The molecule has 0 radical (unpaired) electrons. The molecule has 0 aromatic rings. The highest BCUT2D eigenvalue weighted by molar-refractivity contribution is 7.83. The normalized spacial score (nSPS) is 10.3. The van der Waals surface area contributed by atoms with Gasteiger partial charge in [0.1, 0.15) is 0 Å². The third-order valence-corrected chi connectivity index (χ3v) is 0.525. The Morgan fingerprint density at radius 2 is 2.50 bits per heavy atom. The van der Waals surface area contributed by atoms with E-state index in [1.165, 1.54) is 0 Å². The van der Waals surface area contributed by atoms with Crippen molar-refractivity contribution >= 4 is 12.6 Å². The Morgan fingerprint density at radius 1 is 1.83 bits per heavy atom. The first-order chi connectivity index (χ1) is 2.91. The van der Waals surface area contributed by atoms with E-state index in [1.54, 1.807) is 11.5 Å². The van der Waals surface area contributed by atoms with Gasteiger partial charge >= 0.3 is 0 Å². The summed E-state index contributed by atoms with van der Waals surface area (Å²) in [6, 6.07) is 0. The zero-order chi connectivity index (χ0) is 4.83. The molecule has 36 valence electrons. The lowest BCUT2D eigenvalue weighted by molar-refractivity contribution is 0.179. The van der Waals surface area contributed by atoms with Gasteiger partial charge < -0.3 is 5.21 Å². The minimum absolute atomic E-state index is 0.462. The van der Waals surface area contributed by atoms with E-state index in [0.717, 1.165) is 0 Å². The molecule has 3 heteroatoms. The molecule has 2 N–H and O–H groups in total. The molecule has 0 atom stereocenters. The lowest BCUT2D eigenvalue weighted by atomic mass is 10.7. The second kappa shape index (κ2) is 5.01. The topological polar surface area (TPSA) is 32.3 Å². The van der Waals surface area contributed by atoms with Gasteiger partial charge in [-0.05, 0) is 5.41 Å². The first-order valence-corrected chi connectivity index (χ1v) is 2.09. The highest BCUT2D eigenvalue weighted by atomic mass is 32.1. The first kappa shape index (κ1) is 6.01. The Balaban J connectivity index is 2.66. The number of rotatable bonds is 2. The summed E-state index contributed by atoms with van der Waals surface area (Å²) in [5.74, 6) is 0. The minimum Gasteiger partial charge on any atom is -0.317 e. The van der Waals surface area contributed by atoms with Crippen LogP contribution in [-0.2, 0) is 0 Å². The van der Waals surface area contributed by atoms with E-state index in [1.807, 2.05) is 5.48 Å². The lowest BCUT2D eigenvalue weighted by Gasteiger charge is -1.80. The van der Waals surface area contributed by atoms with Gasteiger partial charge in [0.25, 0.3) is 0 Å². The van der Waals surface area contributed by atoms with Gasteiger partial charge in [0, 0.05) is 6.54 Å². The van der Waals surface area contributed by atoms with E-state index in [0.29, 0.717) is 6.54 Å². The second-order valence-electron chi connectivity index (χ2n) is 0.747. The molecule has 0 spiro atoms. The Labute approximate surface area is 42.2 Å². The molecular formula is C3H7NOS. The molecule has 0 saturated carbocycles. The lowest BCUT2D eigenvalue weighted by Crippen LogP contribution is -2.04. The fourth-order valence-electron chi connectivity index (χ4n) is 0.105. The third-order valence-electron chi connectivity index (χ3n) is 0.315. The number of thiol groups is 1. The molecule has 6 heavy (non-hydrogen) atoms. The molecule has 0 aliphatic rings. The summed E-state index contributed by atoms with van der Waals surface area (Å²) in [5, 5.41) is 9.42. The Morgan fingerprint density at radius 3 is 2.67 bits per heavy atom.